The van der Waals surface area contributed by atoms with Gasteiger partial charge in [-0.15, -0.1) is 0 Å². The normalized spacial score (nSPS) is 12.4. The highest BCUT2D eigenvalue weighted by molar-refractivity contribution is 5.35. The van der Waals surface area contributed by atoms with E-state index in [1.807, 2.05) is 12.1 Å². The molecule has 0 saturated carbocycles. The van der Waals surface area contributed by atoms with Crippen molar-refractivity contribution in [1.82, 2.24) is 5.32 Å². The Bertz CT molecular complexity index is 299. The van der Waals surface area contributed by atoms with Gasteiger partial charge in [0.2, 0.25) is 0 Å². The van der Waals surface area contributed by atoms with Crippen LogP contribution in [0, 0.1) is 0 Å². The molecule has 0 aromatic heterocycles. The lowest BCUT2D eigenvalue weighted by molar-refractivity contribution is 0.394. The average molecular weight is 221 g/mol. The number of nitrogens with one attached hydrogen (secondary N) is 1. The molecule has 0 saturated heterocycles. The predicted molar refractivity (Wildman–Crippen MR) is 68.9 cm³/mol. The lowest BCUT2D eigenvalue weighted by Gasteiger charge is -2.20. The second-order valence-electron chi connectivity index (χ2n) is 4.04. The SMILES string of the molecule is CCCNC(CCC)c1ccccc1OC. The van der Waals surface area contributed by atoms with E-state index in [-0.39, 0.29) is 0 Å². The zero-order valence-corrected chi connectivity index (χ0v) is 10.6. The van der Waals surface area contributed by atoms with E-state index in [4.69, 9.17) is 4.74 Å². The van der Waals surface area contributed by atoms with E-state index in [0.29, 0.717) is 6.04 Å². The number of benzene rings is 1. The second kappa shape index (κ2) is 7.29. The first-order chi connectivity index (χ1) is 7.83. The summed E-state index contributed by atoms with van der Waals surface area (Å²) in [5, 5.41) is 3.58. The molecule has 16 heavy (non-hydrogen) atoms. The highest BCUT2D eigenvalue weighted by atomic mass is 16.5. The average Bonchev–Trinajstić information content (AvgIpc) is 2.34. The van der Waals surface area contributed by atoms with Crippen molar-refractivity contribution in [2.24, 2.45) is 0 Å². The highest BCUT2D eigenvalue weighted by Gasteiger charge is 2.13. The molecule has 1 N–H and O–H groups in total. The second-order valence-corrected chi connectivity index (χ2v) is 4.04. The summed E-state index contributed by atoms with van der Waals surface area (Å²) in [6.07, 6.45) is 3.50. The number of methoxy groups -OCH3 is 1. The van der Waals surface area contributed by atoms with Crippen LogP contribution in [0.25, 0.3) is 0 Å². The topological polar surface area (TPSA) is 21.3 Å². The molecule has 1 unspecified atom stereocenters. The van der Waals surface area contributed by atoms with Gasteiger partial charge in [-0.05, 0) is 25.5 Å². The molecule has 1 rings (SSSR count). The number of rotatable bonds is 7. The zero-order chi connectivity index (χ0) is 11.8. The fraction of sp³-hybridized carbons (Fsp3) is 0.571. The molecule has 0 spiro atoms. The van der Waals surface area contributed by atoms with E-state index in [9.17, 15) is 0 Å². The van der Waals surface area contributed by atoms with E-state index >= 15 is 0 Å². The fourth-order valence-corrected chi connectivity index (χ4v) is 1.93. The summed E-state index contributed by atoms with van der Waals surface area (Å²) in [4.78, 5) is 0. The first-order valence-electron chi connectivity index (χ1n) is 6.19. The van der Waals surface area contributed by atoms with Crippen LogP contribution in [0.5, 0.6) is 5.75 Å². The first kappa shape index (κ1) is 13.0. The Balaban J connectivity index is 2.81. The third kappa shape index (κ3) is 3.53. The number of para-hydroxylation sites is 1. The van der Waals surface area contributed by atoms with Crippen LogP contribution < -0.4 is 10.1 Å². The van der Waals surface area contributed by atoms with Gasteiger partial charge in [-0.1, -0.05) is 38.5 Å². The van der Waals surface area contributed by atoms with Crippen LogP contribution in [0.1, 0.15) is 44.7 Å². The maximum Gasteiger partial charge on any atom is 0.123 e. The van der Waals surface area contributed by atoms with Crippen LogP contribution in [0.4, 0.5) is 0 Å². The summed E-state index contributed by atoms with van der Waals surface area (Å²) in [7, 11) is 1.74. The fourth-order valence-electron chi connectivity index (χ4n) is 1.93. The van der Waals surface area contributed by atoms with E-state index in [0.717, 1.165) is 25.1 Å². The quantitative estimate of drug-likeness (QED) is 0.760. The summed E-state index contributed by atoms with van der Waals surface area (Å²) in [5.74, 6) is 0.990. The molecule has 0 bridgehead atoms. The Morgan fingerprint density at radius 3 is 2.56 bits per heavy atom. The summed E-state index contributed by atoms with van der Waals surface area (Å²) in [6.45, 7) is 5.47. The smallest absolute Gasteiger partial charge is 0.123 e. The van der Waals surface area contributed by atoms with Crippen LogP contribution in [0.3, 0.4) is 0 Å². The van der Waals surface area contributed by atoms with Crippen molar-refractivity contribution in [3.8, 4) is 5.75 Å². The van der Waals surface area contributed by atoms with E-state index in [1.54, 1.807) is 7.11 Å². The third-order valence-corrected chi connectivity index (χ3v) is 2.73. The summed E-state index contributed by atoms with van der Waals surface area (Å²) >= 11 is 0. The van der Waals surface area contributed by atoms with Crippen LogP contribution in [0.15, 0.2) is 24.3 Å². The first-order valence-corrected chi connectivity index (χ1v) is 6.19. The Labute approximate surface area is 99.0 Å². The predicted octanol–water partition coefficient (Wildman–Crippen LogP) is 3.54. The van der Waals surface area contributed by atoms with Crippen molar-refractivity contribution in [1.29, 1.82) is 0 Å². The monoisotopic (exact) mass is 221 g/mol. The molecular weight excluding hydrogens is 198 g/mol. The van der Waals surface area contributed by atoms with Gasteiger partial charge in [0.1, 0.15) is 5.75 Å². The van der Waals surface area contributed by atoms with Gasteiger partial charge in [-0.3, -0.25) is 0 Å². The Kier molecular flexibility index (Phi) is 5.94. The Morgan fingerprint density at radius 2 is 1.94 bits per heavy atom. The van der Waals surface area contributed by atoms with Gasteiger partial charge in [0.25, 0.3) is 0 Å². The molecule has 2 heteroatoms. The minimum atomic E-state index is 0.418. The lowest BCUT2D eigenvalue weighted by atomic mass is 10.0. The molecule has 0 heterocycles. The molecule has 0 radical (unpaired) electrons. The van der Waals surface area contributed by atoms with Crippen LogP contribution in [-0.2, 0) is 0 Å². The molecule has 0 aliphatic carbocycles. The summed E-state index contributed by atoms with van der Waals surface area (Å²) < 4.78 is 5.41. The summed E-state index contributed by atoms with van der Waals surface area (Å²) in [5.41, 5.74) is 1.28. The highest BCUT2D eigenvalue weighted by Crippen LogP contribution is 2.27. The maximum absolute atomic E-state index is 5.41. The number of hydrogen-bond donors (Lipinski definition) is 1. The van der Waals surface area contributed by atoms with E-state index in [2.05, 4.69) is 31.3 Å². The molecule has 1 atom stereocenters. The largest absolute Gasteiger partial charge is 0.496 e. The zero-order valence-electron chi connectivity index (χ0n) is 10.6. The lowest BCUT2D eigenvalue weighted by Crippen LogP contribution is -2.22. The van der Waals surface area contributed by atoms with Gasteiger partial charge < -0.3 is 10.1 Å². The molecule has 0 fully saturated rings. The van der Waals surface area contributed by atoms with Gasteiger partial charge in [-0.25, -0.2) is 0 Å². The Morgan fingerprint density at radius 1 is 1.19 bits per heavy atom. The molecule has 1 aromatic carbocycles. The van der Waals surface area contributed by atoms with Crippen molar-refractivity contribution >= 4 is 0 Å². The van der Waals surface area contributed by atoms with Crippen molar-refractivity contribution in [2.45, 2.75) is 39.2 Å². The van der Waals surface area contributed by atoms with Gasteiger partial charge in [0, 0.05) is 11.6 Å². The van der Waals surface area contributed by atoms with Crippen LogP contribution >= 0.6 is 0 Å². The third-order valence-electron chi connectivity index (χ3n) is 2.73. The van der Waals surface area contributed by atoms with Crippen LogP contribution in [0.2, 0.25) is 0 Å². The molecule has 1 aromatic rings. The van der Waals surface area contributed by atoms with Gasteiger partial charge in [0.15, 0.2) is 0 Å². The summed E-state index contributed by atoms with van der Waals surface area (Å²) in [6, 6.07) is 8.70. The van der Waals surface area contributed by atoms with Crippen molar-refractivity contribution < 1.29 is 4.74 Å². The number of hydrogen-bond acceptors (Lipinski definition) is 2. The van der Waals surface area contributed by atoms with E-state index in [1.165, 1.54) is 12.0 Å². The van der Waals surface area contributed by atoms with E-state index < -0.39 is 0 Å². The molecule has 2 nitrogen and oxygen atoms in total. The van der Waals surface area contributed by atoms with Crippen molar-refractivity contribution in [3.63, 3.8) is 0 Å². The van der Waals surface area contributed by atoms with Gasteiger partial charge in [-0.2, -0.15) is 0 Å². The van der Waals surface area contributed by atoms with Crippen LogP contribution in [-0.4, -0.2) is 13.7 Å². The Hall–Kier alpha value is -1.02. The van der Waals surface area contributed by atoms with Gasteiger partial charge in [0.05, 0.1) is 7.11 Å². The van der Waals surface area contributed by atoms with Crippen molar-refractivity contribution in [3.05, 3.63) is 29.8 Å². The molecule has 90 valence electrons. The minimum Gasteiger partial charge on any atom is -0.496 e. The van der Waals surface area contributed by atoms with Crippen molar-refractivity contribution in [2.75, 3.05) is 13.7 Å². The standard InChI is InChI=1S/C14H23NO/c1-4-8-13(15-11-5-2)12-9-6-7-10-14(12)16-3/h6-7,9-10,13,15H,4-5,8,11H2,1-3H3. The molecule has 0 aliphatic rings. The number of ether oxygens (including phenoxy) is 1. The molecule has 0 aliphatic heterocycles. The molecule has 0 amide bonds. The maximum atomic E-state index is 5.41. The minimum absolute atomic E-state index is 0.418. The van der Waals surface area contributed by atoms with Gasteiger partial charge >= 0.3 is 0 Å². The molecular formula is C14H23NO.